The van der Waals surface area contributed by atoms with Crippen LogP contribution < -0.4 is 4.90 Å². The number of anilines is 1. The number of amides is 1. The average Bonchev–Trinajstić information content (AvgIpc) is 3.04. The first-order chi connectivity index (χ1) is 12.1. The van der Waals surface area contributed by atoms with E-state index in [9.17, 15) is 4.79 Å². The van der Waals surface area contributed by atoms with Crippen LogP contribution in [0.15, 0.2) is 24.3 Å². The van der Waals surface area contributed by atoms with Gasteiger partial charge in [0.25, 0.3) is 0 Å². The van der Waals surface area contributed by atoms with E-state index in [1.807, 2.05) is 0 Å². The third-order valence-electron chi connectivity index (χ3n) is 5.76. The Hall–Kier alpha value is -1.55. The summed E-state index contributed by atoms with van der Waals surface area (Å²) in [4.78, 5) is 19.6. The lowest BCUT2D eigenvalue weighted by atomic mass is 10.1. The summed E-state index contributed by atoms with van der Waals surface area (Å²) in [6, 6.07) is 9.23. The Morgan fingerprint density at radius 3 is 2.64 bits per heavy atom. The smallest absolute Gasteiger partial charge is 0.222 e. The van der Waals surface area contributed by atoms with Crippen molar-refractivity contribution in [3.05, 3.63) is 29.8 Å². The van der Waals surface area contributed by atoms with Gasteiger partial charge in [-0.2, -0.15) is 0 Å². The second-order valence-electron chi connectivity index (χ2n) is 7.77. The highest BCUT2D eigenvalue weighted by molar-refractivity contribution is 5.76. The highest BCUT2D eigenvalue weighted by Gasteiger charge is 2.26. The van der Waals surface area contributed by atoms with E-state index in [1.165, 1.54) is 43.6 Å². The molecule has 0 aromatic heterocycles. The highest BCUT2D eigenvalue weighted by atomic mass is 16.2. The van der Waals surface area contributed by atoms with Crippen LogP contribution in [0.2, 0.25) is 0 Å². The molecule has 138 valence electrons. The molecule has 0 bridgehead atoms. The number of hydrogen-bond donors (Lipinski definition) is 0. The maximum Gasteiger partial charge on any atom is 0.222 e. The van der Waals surface area contributed by atoms with Crippen LogP contribution in [-0.4, -0.2) is 62.0 Å². The van der Waals surface area contributed by atoms with Gasteiger partial charge in [0.1, 0.15) is 0 Å². The van der Waals surface area contributed by atoms with Gasteiger partial charge in [0.2, 0.25) is 5.91 Å². The molecule has 1 aromatic rings. The maximum atomic E-state index is 12.7. The molecule has 0 radical (unpaired) electrons. The molecule has 0 N–H and O–H groups in total. The number of carbonyl (C=O) groups is 1. The minimum absolute atomic E-state index is 0.331. The SMILES string of the molecule is CN(C)c1cccc(CCC(=O)N2CCCC(N3CCCC3)CC2)c1. The van der Waals surface area contributed by atoms with Gasteiger partial charge in [-0.25, -0.2) is 0 Å². The zero-order valence-corrected chi connectivity index (χ0v) is 15.9. The predicted octanol–water partition coefficient (Wildman–Crippen LogP) is 3.16. The van der Waals surface area contributed by atoms with E-state index in [4.69, 9.17) is 0 Å². The minimum Gasteiger partial charge on any atom is -0.378 e. The first-order valence-corrected chi connectivity index (χ1v) is 9.91. The normalized spacial score (nSPS) is 22.0. The van der Waals surface area contributed by atoms with Gasteiger partial charge in [-0.15, -0.1) is 0 Å². The Morgan fingerprint density at radius 1 is 1.08 bits per heavy atom. The third-order valence-corrected chi connectivity index (χ3v) is 5.76. The van der Waals surface area contributed by atoms with E-state index in [-0.39, 0.29) is 0 Å². The lowest BCUT2D eigenvalue weighted by Gasteiger charge is -2.26. The fourth-order valence-electron chi connectivity index (χ4n) is 4.20. The van der Waals surface area contributed by atoms with Crippen molar-refractivity contribution in [3.8, 4) is 0 Å². The van der Waals surface area contributed by atoms with Crippen LogP contribution in [0.5, 0.6) is 0 Å². The molecule has 4 heteroatoms. The van der Waals surface area contributed by atoms with Gasteiger partial charge < -0.3 is 14.7 Å². The molecule has 2 aliphatic rings. The molecule has 4 nitrogen and oxygen atoms in total. The Morgan fingerprint density at radius 2 is 1.88 bits per heavy atom. The molecule has 2 aliphatic heterocycles. The molecule has 1 amide bonds. The molecule has 2 fully saturated rings. The average molecular weight is 344 g/mol. The Balaban J connectivity index is 1.48. The van der Waals surface area contributed by atoms with E-state index in [0.717, 1.165) is 32.4 Å². The number of hydrogen-bond acceptors (Lipinski definition) is 3. The van der Waals surface area contributed by atoms with Crippen molar-refractivity contribution in [2.75, 3.05) is 45.2 Å². The van der Waals surface area contributed by atoms with Crippen LogP contribution in [-0.2, 0) is 11.2 Å². The van der Waals surface area contributed by atoms with E-state index in [2.05, 4.69) is 53.1 Å². The summed E-state index contributed by atoms with van der Waals surface area (Å²) in [6.45, 7) is 4.42. The molecule has 3 rings (SSSR count). The molecule has 25 heavy (non-hydrogen) atoms. The van der Waals surface area contributed by atoms with E-state index >= 15 is 0 Å². The Bertz CT molecular complexity index is 566. The number of nitrogens with zero attached hydrogens (tertiary/aromatic N) is 3. The van der Waals surface area contributed by atoms with Gasteiger partial charge in [0, 0.05) is 45.3 Å². The van der Waals surface area contributed by atoms with Gasteiger partial charge in [0.15, 0.2) is 0 Å². The Kier molecular flexibility index (Phi) is 6.35. The maximum absolute atomic E-state index is 12.7. The van der Waals surface area contributed by atoms with Crippen LogP contribution in [0.3, 0.4) is 0 Å². The van der Waals surface area contributed by atoms with Gasteiger partial charge in [0.05, 0.1) is 0 Å². The molecule has 2 heterocycles. The molecular weight excluding hydrogens is 310 g/mol. The van der Waals surface area contributed by atoms with E-state index in [0.29, 0.717) is 18.4 Å². The fourth-order valence-corrected chi connectivity index (χ4v) is 4.20. The molecule has 0 saturated carbocycles. The molecular formula is C21H33N3O. The molecule has 1 aromatic carbocycles. The van der Waals surface area contributed by atoms with Gasteiger partial charge in [-0.1, -0.05) is 12.1 Å². The second kappa shape index (κ2) is 8.70. The van der Waals surface area contributed by atoms with Crippen LogP contribution in [0.4, 0.5) is 5.69 Å². The number of benzene rings is 1. The van der Waals surface area contributed by atoms with Crippen molar-refractivity contribution < 1.29 is 4.79 Å². The fraction of sp³-hybridized carbons (Fsp3) is 0.667. The van der Waals surface area contributed by atoms with Crippen molar-refractivity contribution >= 4 is 11.6 Å². The number of aryl methyl sites for hydroxylation is 1. The number of likely N-dealkylation sites (tertiary alicyclic amines) is 2. The van der Waals surface area contributed by atoms with Crippen LogP contribution >= 0.6 is 0 Å². The van der Waals surface area contributed by atoms with Crippen molar-refractivity contribution in [2.24, 2.45) is 0 Å². The lowest BCUT2D eigenvalue weighted by Crippen LogP contribution is -2.35. The summed E-state index contributed by atoms with van der Waals surface area (Å²) < 4.78 is 0. The number of rotatable bonds is 5. The molecule has 0 aliphatic carbocycles. The summed E-state index contributed by atoms with van der Waals surface area (Å²) in [6.07, 6.45) is 7.74. The molecule has 1 unspecified atom stereocenters. The van der Waals surface area contributed by atoms with Crippen molar-refractivity contribution in [3.63, 3.8) is 0 Å². The van der Waals surface area contributed by atoms with Crippen molar-refractivity contribution in [2.45, 2.75) is 51.0 Å². The minimum atomic E-state index is 0.331. The van der Waals surface area contributed by atoms with E-state index < -0.39 is 0 Å². The summed E-state index contributed by atoms with van der Waals surface area (Å²) in [5.74, 6) is 0.331. The lowest BCUT2D eigenvalue weighted by molar-refractivity contribution is -0.131. The molecule has 0 spiro atoms. The summed E-state index contributed by atoms with van der Waals surface area (Å²) in [5, 5.41) is 0. The predicted molar refractivity (Wildman–Crippen MR) is 104 cm³/mol. The first-order valence-electron chi connectivity index (χ1n) is 9.91. The van der Waals surface area contributed by atoms with Crippen LogP contribution in [0, 0.1) is 0 Å². The van der Waals surface area contributed by atoms with Crippen LogP contribution in [0.25, 0.3) is 0 Å². The second-order valence-corrected chi connectivity index (χ2v) is 7.77. The largest absolute Gasteiger partial charge is 0.378 e. The summed E-state index contributed by atoms with van der Waals surface area (Å²) >= 11 is 0. The summed E-state index contributed by atoms with van der Waals surface area (Å²) in [5.41, 5.74) is 2.46. The van der Waals surface area contributed by atoms with Crippen molar-refractivity contribution in [1.29, 1.82) is 0 Å². The zero-order chi connectivity index (χ0) is 17.6. The van der Waals surface area contributed by atoms with Gasteiger partial charge in [-0.3, -0.25) is 4.79 Å². The van der Waals surface area contributed by atoms with Gasteiger partial charge >= 0.3 is 0 Å². The topological polar surface area (TPSA) is 26.8 Å². The number of carbonyl (C=O) groups excluding carboxylic acids is 1. The third kappa shape index (κ3) is 4.97. The zero-order valence-electron chi connectivity index (χ0n) is 15.9. The first kappa shape index (κ1) is 18.2. The standard InChI is InChI=1S/C21H33N3O/c1-22(2)20-8-5-7-18(17-20)10-11-21(25)24-15-6-9-19(12-16-24)23-13-3-4-14-23/h5,7-8,17,19H,3-4,6,9-16H2,1-2H3. The molecule has 2 saturated heterocycles. The molecule has 1 atom stereocenters. The van der Waals surface area contributed by atoms with E-state index in [1.54, 1.807) is 0 Å². The Labute approximate surface area is 152 Å². The highest BCUT2D eigenvalue weighted by Crippen LogP contribution is 2.22. The van der Waals surface area contributed by atoms with Crippen molar-refractivity contribution in [1.82, 2.24) is 9.80 Å². The van der Waals surface area contributed by atoms with Crippen LogP contribution in [0.1, 0.15) is 44.1 Å². The van der Waals surface area contributed by atoms with Gasteiger partial charge in [-0.05, 0) is 69.3 Å². The summed E-state index contributed by atoms with van der Waals surface area (Å²) in [7, 11) is 4.11. The quantitative estimate of drug-likeness (QED) is 0.822. The monoisotopic (exact) mass is 343 g/mol.